The number of hydrogen-bond donors (Lipinski definition) is 1. The average Bonchev–Trinajstić information content (AvgIpc) is 2.74. The number of thiophene rings is 1. The highest BCUT2D eigenvalue weighted by Crippen LogP contribution is 2.32. The summed E-state index contributed by atoms with van der Waals surface area (Å²) in [7, 11) is 0. The van der Waals surface area contributed by atoms with Gasteiger partial charge in [0.25, 0.3) is 0 Å². The van der Waals surface area contributed by atoms with E-state index in [0.717, 1.165) is 6.54 Å². The Balaban J connectivity index is 2.30. The van der Waals surface area contributed by atoms with Crippen LogP contribution < -0.4 is 5.32 Å². The van der Waals surface area contributed by atoms with E-state index in [1.807, 2.05) is 11.3 Å². The first kappa shape index (κ1) is 13.3. The monoisotopic (exact) mass is 259 g/mol. The zero-order chi connectivity index (χ0) is 13.1. The molecule has 0 saturated carbocycles. The quantitative estimate of drug-likeness (QED) is 0.850. The molecule has 1 aromatic heterocycles. The fourth-order valence-corrected chi connectivity index (χ4v) is 3.00. The summed E-state index contributed by atoms with van der Waals surface area (Å²) >= 11 is 1.83. The molecular formula is C16H21NS. The highest BCUT2D eigenvalue weighted by molar-refractivity contribution is 7.13. The molecule has 18 heavy (non-hydrogen) atoms. The predicted molar refractivity (Wildman–Crippen MR) is 81.2 cm³/mol. The summed E-state index contributed by atoms with van der Waals surface area (Å²) in [6.07, 6.45) is 0. The highest BCUT2D eigenvalue weighted by Gasteiger charge is 2.07. The molecule has 0 amide bonds. The molecule has 0 bridgehead atoms. The molecular weight excluding hydrogens is 238 g/mol. The van der Waals surface area contributed by atoms with Crippen LogP contribution in [0.15, 0.2) is 29.6 Å². The van der Waals surface area contributed by atoms with Gasteiger partial charge in [-0.15, -0.1) is 11.3 Å². The van der Waals surface area contributed by atoms with E-state index in [1.54, 1.807) is 0 Å². The van der Waals surface area contributed by atoms with Crippen molar-refractivity contribution >= 4 is 11.3 Å². The minimum atomic E-state index is 0.526. The van der Waals surface area contributed by atoms with Gasteiger partial charge in [-0.05, 0) is 53.6 Å². The molecule has 1 nitrogen and oxygen atoms in total. The third-order valence-electron chi connectivity index (χ3n) is 3.12. The molecule has 0 saturated heterocycles. The van der Waals surface area contributed by atoms with Crippen molar-refractivity contribution in [3.05, 3.63) is 46.3 Å². The van der Waals surface area contributed by atoms with Crippen molar-refractivity contribution in [2.45, 2.75) is 40.3 Å². The van der Waals surface area contributed by atoms with Crippen molar-refractivity contribution in [2.75, 3.05) is 0 Å². The Morgan fingerprint density at radius 3 is 2.50 bits per heavy atom. The topological polar surface area (TPSA) is 12.0 Å². The second-order valence-corrected chi connectivity index (χ2v) is 6.03. The van der Waals surface area contributed by atoms with Crippen molar-refractivity contribution in [1.29, 1.82) is 0 Å². The maximum Gasteiger partial charge on any atom is 0.0374 e. The van der Waals surface area contributed by atoms with E-state index in [4.69, 9.17) is 0 Å². The number of benzene rings is 1. The lowest BCUT2D eigenvalue weighted by Gasteiger charge is -2.11. The first-order valence-corrected chi connectivity index (χ1v) is 7.33. The van der Waals surface area contributed by atoms with Gasteiger partial charge < -0.3 is 5.32 Å². The Bertz CT molecular complexity index is 526. The molecule has 2 heteroatoms. The lowest BCUT2D eigenvalue weighted by atomic mass is 10.0. The minimum Gasteiger partial charge on any atom is -0.310 e. The van der Waals surface area contributed by atoms with Crippen molar-refractivity contribution in [3.8, 4) is 10.4 Å². The maximum atomic E-state index is 3.47. The lowest BCUT2D eigenvalue weighted by molar-refractivity contribution is 0.589. The van der Waals surface area contributed by atoms with E-state index in [9.17, 15) is 0 Å². The second-order valence-electron chi connectivity index (χ2n) is 5.12. The Morgan fingerprint density at radius 2 is 1.89 bits per heavy atom. The lowest BCUT2D eigenvalue weighted by Crippen LogP contribution is -2.21. The van der Waals surface area contributed by atoms with Gasteiger partial charge in [-0.1, -0.05) is 26.0 Å². The van der Waals surface area contributed by atoms with E-state index in [2.05, 4.69) is 62.7 Å². The van der Waals surface area contributed by atoms with Crippen LogP contribution in [-0.2, 0) is 6.54 Å². The maximum absolute atomic E-state index is 3.47. The summed E-state index contributed by atoms with van der Waals surface area (Å²) in [5, 5.41) is 5.64. The van der Waals surface area contributed by atoms with Gasteiger partial charge in [0.2, 0.25) is 0 Å². The van der Waals surface area contributed by atoms with E-state index < -0.39 is 0 Å². The Morgan fingerprint density at radius 1 is 1.11 bits per heavy atom. The molecule has 1 heterocycles. The molecule has 1 N–H and O–H groups in total. The van der Waals surface area contributed by atoms with E-state index in [-0.39, 0.29) is 0 Å². The fraction of sp³-hybridized carbons (Fsp3) is 0.375. The molecule has 0 atom stereocenters. The standard InChI is InChI=1S/C16H21NS/c1-11(2)17-10-14-6-5-12(3)15(9-14)16-13(4)7-8-18-16/h5-9,11,17H,10H2,1-4H3. The highest BCUT2D eigenvalue weighted by atomic mass is 32.1. The third-order valence-corrected chi connectivity index (χ3v) is 4.17. The number of hydrogen-bond acceptors (Lipinski definition) is 2. The van der Waals surface area contributed by atoms with Crippen molar-refractivity contribution < 1.29 is 0 Å². The van der Waals surface area contributed by atoms with Gasteiger partial charge in [0.1, 0.15) is 0 Å². The first-order chi connectivity index (χ1) is 8.58. The fourth-order valence-electron chi connectivity index (χ4n) is 1.99. The molecule has 0 aliphatic carbocycles. The van der Waals surface area contributed by atoms with Crippen LogP contribution in [0, 0.1) is 13.8 Å². The Labute approximate surface area is 114 Å². The zero-order valence-corrected chi connectivity index (χ0v) is 12.4. The second kappa shape index (κ2) is 5.68. The van der Waals surface area contributed by atoms with Gasteiger partial charge in [0.15, 0.2) is 0 Å². The number of nitrogens with one attached hydrogen (secondary N) is 1. The number of rotatable bonds is 4. The average molecular weight is 259 g/mol. The van der Waals surface area contributed by atoms with Crippen LogP contribution in [-0.4, -0.2) is 6.04 Å². The molecule has 96 valence electrons. The van der Waals surface area contributed by atoms with Crippen molar-refractivity contribution in [3.63, 3.8) is 0 Å². The Kier molecular flexibility index (Phi) is 4.20. The molecule has 2 rings (SSSR count). The predicted octanol–water partition coefficient (Wildman–Crippen LogP) is 4.53. The van der Waals surface area contributed by atoms with Gasteiger partial charge >= 0.3 is 0 Å². The van der Waals surface area contributed by atoms with Crippen LogP contribution >= 0.6 is 11.3 Å². The number of aryl methyl sites for hydroxylation is 2. The van der Waals surface area contributed by atoms with Crippen LogP contribution in [0.3, 0.4) is 0 Å². The molecule has 0 fully saturated rings. The smallest absolute Gasteiger partial charge is 0.0374 e. The normalized spacial score (nSPS) is 11.2. The molecule has 0 unspecified atom stereocenters. The molecule has 0 aliphatic heterocycles. The summed E-state index contributed by atoms with van der Waals surface area (Å²) in [6.45, 7) is 9.67. The van der Waals surface area contributed by atoms with Gasteiger partial charge in [-0.2, -0.15) is 0 Å². The van der Waals surface area contributed by atoms with Gasteiger partial charge in [-0.25, -0.2) is 0 Å². The van der Waals surface area contributed by atoms with E-state index in [0.29, 0.717) is 6.04 Å². The van der Waals surface area contributed by atoms with Gasteiger partial charge in [0, 0.05) is 17.5 Å². The van der Waals surface area contributed by atoms with Crippen molar-refractivity contribution in [1.82, 2.24) is 5.32 Å². The van der Waals surface area contributed by atoms with Crippen LogP contribution in [0.2, 0.25) is 0 Å². The van der Waals surface area contributed by atoms with Crippen LogP contribution in [0.1, 0.15) is 30.5 Å². The van der Waals surface area contributed by atoms with E-state index >= 15 is 0 Å². The SMILES string of the molecule is Cc1ccc(CNC(C)C)cc1-c1sccc1C. The first-order valence-electron chi connectivity index (χ1n) is 6.45. The van der Waals surface area contributed by atoms with E-state index in [1.165, 1.54) is 27.1 Å². The van der Waals surface area contributed by atoms with Gasteiger partial charge in [0.05, 0.1) is 0 Å². The van der Waals surface area contributed by atoms with Crippen LogP contribution in [0.25, 0.3) is 10.4 Å². The summed E-state index contributed by atoms with van der Waals surface area (Å²) in [5.41, 5.74) is 5.47. The van der Waals surface area contributed by atoms with Crippen molar-refractivity contribution in [2.24, 2.45) is 0 Å². The molecule has 0 aliphatic rings. The summed E-state index contributed by atoms with van der Waals surface area (Å²) < 4.78 is 0. The third kappa shape index (κ3) is 3.01. The van der Waals surface area contributed by atoms with Gasteiger partial charge in [-0.3, -0.25) is 0 Å². The summed E-state index contributed by atoms with van der Waals surface area (Å²) in [5.74, 6) is 0. The van der Waals surface area contributed by atoms with Crippen LogP contribution in [0.4, 0.5) is 0 Å². The molecule has 2 aromatic rings. The Hall–Kier alpha value is -1.12. The minimum absolute atomic E-state index is 0.526. The molecule has 1 aromatic carbocycles. The summed E-state index contributed by atoms with van der Waals surface area (Å²) in [6, 6.07) is 9.49. The largest absolute Gasteiger partial charge is 0.310 e. The molecule has 0 radical (unpaired) electrons. The van der Waals surface area contributed by atoms with Crippen LogP contribution in [0.5, 0.6) is 0 Å². The zero-order valence-electron chi connectivity index (χ0n) is 11.6. The summed E-state index contributed by atoms with van der Waals surface area (Å²) in [4.78, 5) is 1.40. The molecule has 0 spiro atoms.